The van der Waals surface area contributed by atoms with E-state index in [-0.39, 0.29) is 5.75 Å². The smallest absolute Gasteiger partial charge is 0.192 e. The first-order valence-corrected chi connectivity index (χ1v) is 9.64. The fourth-order valence-corrected chi connectivity index (χ4v) is 3.73. The number of benzene rings is 2. The van der Waals surface area contributed by atoms with Gasteiger partial charge in [0.15, 0.2) is 22.6 Å². The molecule has 4 rings (SSSR count). The van der Waals surface area contributed by atoms with Gasteiger partial charge in [0.2, 0.25) is 0 Å². The van der Waals surface area contributed by atoms with Gasteiger partial charge >= 0.3 is 0 Å². The summed E-state index contributed by atoms with van der Waals surface area (Å²) in [6.07, 6.45) is 3.43. The molecule has 28 heavy (non-hydrogen) atoms. The molecule has 0 aliphatic rings. The van der Waals surface area contributed by atoms with Crippen LogP contribution in [0.4, 0.5) is 8.78 Å². The second kappa shape index (κ2) is 8.31. The van der Waals surface area contributed by atoms with Crippen LogP contribution in [0.1, 0.15) is 11.1 Å². The van der Waals surface area contributed by atoms with E-state index in [0.717, 1.165) is 17.2 Å². The van der Waals surface area contributed by atoms with E-state index in [2.05, 4.69) is 15.2 Å². The summed E-state index contributed by atoms with van der Waals surface area (Å²) in [6.45, 7) is 0.562. The van der Waals surface area contributed by atoms with Crippen LogP contribution in [0.25, 0.3) is 11.4 Å². The molecule has 0 saturated carbocycles. The van der Waals surface area contributed by atoms with Gasteiger partial charge in [-0.2, -0.15) is 0 Å². The Balaban J connectivity index is 1.66. The Morgan fingerprint density at radius 2 is 1.75 bits per heavy atom. The first-order valence-electron chi connectivity index (χ1n) is 8.65. The van der Waals surface area contributed by atoms with Crippen molar-refractivity contribution in [3.63, 3.8) is 0 Å². The molecule has 0 radical (unpaired) electrons. The van der Waals surface area contributed by atoms with Crippen LogP contribution in [-0.4, -0.2) is 19.7 Å². The standard InChI is InChI=1S/C21H16F2N4S/c22-18-10-4-8-17(19(18)23)14-28-21-26-25-20(16-9-5-11-24-12-16)27(21)13-15-6-2-1-3-7-15/h1-12H,13-14H2. The van der Waals surface area contributed by atoms with Gasteiger partial charge in [-0.3, -0.25) is 9.55 Å². The monoisotopic (exact) mass is 394 g/mol. The molecular weight excluding hydrogens is 378 g/mol. The minimum Gasteiger partial charge on any atom is -0.297 e. The van der Waals surface area contributed by atoms with Crippen LogP contribution in [0, 0.1) is 11.6 Å². The molecule has 0 saturated heterocycles. The molecule has 0 N–H and O–H groups in total. The van der Waals surface area contributed by atoms with Crippen molar-refractivity contribution >= 4 is 11.8 Å². The molecule has 0 unspecified atom stereocenters. The number of hydrogen-bond acceptors (Lipinski definition) is 4. The fourth-order valence-electron chi connectivity index (χ4n) is 2.81. The molecule has 2 heterocycles. The highest BCUT2D eigenvalue weighted by atomic mass is 32.2. The number of rotatable bonds is 6. The van der Waals surface area contributed by atoms with Crippen LogP contribution in [0.2, 0.25) is 0 Å². The van der Waals surface area contributed by atoms with Crippen LogP contribution in [0.3, 0.4) is 0 Å². The van der Waals surface area contributed by atoms with Gasteiger partial charge in [0.1, 0.15) is 0 Å². The van der Waals surface area contributed by atoms with E-state index in [1.165, 1.54) is 17.8 Å². The van der Waals surface area contributed by atoms with Crippen molar-refractivity contribution < 1.29 is 8.78 Å². The van der Waals surface area contributed by atoms with Crippen LogP contribution in [0.5, 0.6) is 0 Å². The molecule has 0 amide bonds. The molecule has 4 nitrogen and oxygen atoms in total. The zero-order valence-electron chi connectivity index (χ0n) is 14.8. The highest BCUT2D eigenvalue weighted by molar-refractivity contribution is 7.98. The number of thioether (sulfide) groups is 1. The van der Waals surface area contributed by atoms with Gasteiger partial charge in [-0.1, -0.05) is 54.2 Å². The predicted molar refractivity (Wildman–Crippen MR) is 105 cm³/mol. The minimum atomic E-state index is -0.847. The van der Waals surface area contributed by atoms with Crippen molar-refractivity contribution in [3.8, 4) is 11.4 Å². The molecule has 0 bridgehead atoms. The van der Waals surface area contributed by atoms with E-state index in [9.17, 15) is 8.78 Å². The van der Waals surface area contributed by atoms with Gasteiger partial charge in [-0.05, 0) is 23.8 Å². The quantitative estimate of drug-likeness (QED) is 0.434. The third-order valence-electron chi connectivity index (χ3n) is 4.21. The van der Waals surface area contributed by atoms with Gasteiger partial charge in [-0.15, -0.1) is 10.2 Å². The summed E-state index contributed by atoms with van der Waals surface area (Å²) in [5, 5.41) is 9.24. The first-order chi connectivity index (χ1) is 13.7. The fraction of sp³-hybridized carbons (Fsp3) is 0.0952. The third-order valence-corrected chi connectivity index (χ3v) is 5.22. The normalized spacial score (nSPS) is 10.9. The molecule has 2 aromatic heterocycles. The third kappa shape index (κ3) is 3.94. The Labute approximate surface area is 165 Å². The molecule has 7 heteroatoms. The summed E-state index contributed by atoms with van der Waals surface area (Å²) in [6, 6.07) is 17.9. The lowest BCUT2D eigenvalue weighted by molar-refractivity contribution is 0.502. The number of hydrogen-bond donors (Lipinski definition) is 0. The van der Waals surface area contributed by atoms with Crippen LogP contribution >= 0.6 is 11.8 Å². The summed E-state index contributed by atoms with van der Waals surface area (Å²) >= 11 is 1.32. The summed E-state index contributed by atoms with van der Waals surface area (Å²) in [5.74, 6) is -0.737. The van der Waals surface area contributed by atoms with Crippen molar-refractivity contribution in [2.75, 3.05) is 0 Å². The summed E-state index contributed by atoms with van der Waals surface area (Å²) in [5.41, 5.74) is 2.23. The maximum absolute atomic E-state index is 14.0. The molecule has 2 aromatic carbocycles. The van der Waals surface area contributed by atoms with Crippen LogP contribution in [0.15, 0.2) is 78.2 Å². The Morgan fingerprint density at radius 3 is 2.54 bits per heavy atom. The molecule has 0 aliphatic carbocycles. The maximum Gasteiger partial charge on any atom is 0.192 e. The lowest BCUT2D eigenvalue weighted by atomic mass is 10.2. The Bertz CT molecular complexity index is 1070. The van der Waals surface area contributed by atoms with Gasteiger partial charge in [0, 0.05) is 29.3 Å². The van der Waals surface area contributed by atoms with E-state index in [1.807, 2.05) is 47.0 Å². The average Bonchev–Trinajstić information content (AvgIpc) is 3.13. The summed E-state index contributed by atoms with van der Waals surface area (Å²) in [4.78, 5) is 4.15. The Hall–Kier alpha value is -3.06. The molecule has 140 valence electrons. The molecule has 0 spiro atoms. The zero-order chi connectivity index (χ0) is 19.3. The van der Waals surface area contributed by atoms with Crippen molar-refractivity contribution in [3.05, 3.63) is 95.8 Å². The maximum atomic E-state index is 14.0. The first kappa shape index (κ1) is 18.3. The lowest BCUT2D eigenvalue weighted by Crippen LogP contribution is -2.04. The Morgan fingerprint density at radius 1 is 0.893 bits per heavy atom. The molecule has 0 fully saturated rings. The highest BCUT2D eigenvalue weighted by Crippen LogP contribution is 2.28. The van der Waals surface area contributed by atoms with E-state index in [0.29, 0.717) is 23.1 Å². The van der Waals surface area contributed by atoms with Gasteiger partial charge in [0.25, 0.3) is 0 Å². The SMILES string of the molecule is Fc1cccc(CSc2nnc(-c3cccnc3)n2Cc2ccccc2)c1F. The number of halogens is 2. The van der Waals surface area contributed by atoms with Gasteiger partial charge in [-0.25, -0.2) is 8.78 Å². The molecular formula is C21H16F2N4S. The lowest BCUT2D eigenvalue weighted by Gasteiger charge is -2.10. The number of nitrogens with zero attached hydrogens (tertiary/aromatic N) is 4. The van der Waals surface area contributed by atoms with Crippen molar-refractivity contribution in [2.45, 2.75) is 17.5 Å². The van der Waals surface area contributed by atoms with E-state index >= 15 is 0 Å². The minimum absolute atomic E-state index is 0.254. The molecule has 4 aromatic rings. The van der Waals surface area contributed by atoms with Gasteiger partial charge in [0.05, 0.1) is 6.54 Å². The second-order valence-corrected chi connectivity index (χ2v) is 7.06. The summed E-state index contributed by atoms with van der Waals surface area (Å²) in [7, 11) is 0. The second-order valence-electron chi connectivity index (χ2n) is 6.12. The highest BCUT2D eigenvalue weighted by Gasteiger charge is 2.16. The van der Waals surface area contributed by atoms with Crippen LogP contribution in [-0.2, 0) is 12.3 Å². The van der Waals surface area contributed by atoms with E-state index < -0.39 is 11.6 Å². The average molecular weight is 394 g/mol. The number of pyridine rings is 1. The van der Waals surface area contributed by atoms with Crippen LogP contribution < -0.4 is 0 Å². The summed E-state index contributed by atoms with van der Waals surface area (Å²) < 4.78 is 29.4. The predicted octanol–water partition coefficient (Wildman–Crippen LogP) is 4.96. The van der Waals surface area contributed by atoms with E-state index in [4.69, 9.17) is 0 Å². The Kier molecular flexibility index (Phi) is 5.43. The molecule has 0 aliphatic heterocycles. The molecule has 0 atom stereocenters. The van der Waals surface area contributed by atoms with Crippen molar-refractivity contribution in [1.29, 1.82) is 0 Å². The van der Waals surface area contributed by atoms with Gasteiger partial charge < -0.3 is 0 Å². The number of aromatic nitrogens is 4. The van der Waals surface area contributed by atoms with Crippen molar-refractivity contribution in [1.82, 2.24) is 19.7 Å². The topological polar surface area (TPSA) is 43.6 Å². The van der Waals surface area contributed by atoms with E-state index in [1.54, 1.807) is 18.5 Å². The zero-order valence-corrected chi connectivity index (χ0v) is 15.6. The largest absolute Gasteiger partial charge is 0.297 e. The van der Waals surface area contributed by atoms with Crippen molar-refractivity contribution in [2.24, 2.45) is 0 Å².